The summed E-state index contributed by atoms with van der Waals surface area (Å²) in [6.07, 6.45) is 0. The van der Waals surface area contributed by atoms with E-state index in [1.54, 1.807) is 6.07 Å². The van der Waals surface area contributed by atoms with Crippen molar-refractivity contribution in [2.24, 2.45) is 0 Å². The predicted molar refractivity (Wildman–Crippen MR) is 85.4 cm³/mol. The van der Waals surface area contributed by atoms with Crippen molar-refractivity contribution >= 4 is 11.8 Å². The third kappa shape index (κ3) is 3.46. The van der Waals surface area contributed by atoms with Crippen LogP contribution in [0.5, 0.6) is 0 Å². The van der Waals surface area contributed by atoms with Gasteiger partial charge in [0.15, 0.2) is 0 Å². The Morgan fingerprint density at radius 1 is 0.917 bits per heavy atom. The molecule has 2 amide bonds. The number of hydrazine groups is 1. The number of nitrogens with one attached hydrogen (secondary N) is 3. The van der Waals surface area contributed by atoms with Gasteiger partial charge in [0.05, 0.1) is 5.69 Å². The number of H-pyrrole nitrogens is 1. The molecule has 1 heterocycles. The van der Waals surface area contributed by atoms with Gasteiger partial charge in [-0.3, -0.25) is 25.5 Å². The minimum Gasteiger partial charge on any atom is -0.272 e. The molecule has 7 heteroatoms. The number of carbonyl (C=O) groups is 2. The first-order valence-electron chi connectivity index (χ1n) is 7.10. The van der Waals surface area contributed by atoms with E-state index < -0.39 is 17.6 Å². The zero-order valence-electron chi connectivity index (χ0n) is 12.4. The van der Waals surface area contributed by atoms with Gasteiger partial charge in [0.1, 0.15) is 11.5 Å². The summed E-state index contributed by atoms with van der Waals surface area (Å²) >= 11 is 0. The van der Waals surface area contributed by atoms with Crippen LogP contribution < -0.4 is 10.9 Å². The van der Waals surface area contributed by atoms with Crippen molar-refractivity contribution in [3.8, 4) is 11.3 Å². The Morgan fingerprint density at radius 2 is 1.67 bits per heavy atom. The third-order valence-electron chi connectivity index (χ3n) is 3.27. The Kier molecular flexibility index (Phi) is 4.33. The van der Waals surface area contributed by atoms with Crippen LogP contribution in [0.1, 0.15) is 20.8 Å². The predicted octanol–water partition coefficient (Wildman–Crippen LogP) is 2.29. The van der Waals surface area contributed by atoms with Gasteiger partial charge in [-0.25, -0.2) is 4.39 Å². The average molecular weight is 324 g/mol. The Hall–Kier alpha value is -3.48. The van der Waals surface area contributed by atoms with Crippen molar-refractivity contribution in [2.45, 2.75) is 0 Å². The van der Waals surface area contributed by atoms with Crippen LogP contribution >= 0.6 is 0 Å². The minimum absolute atomic E-state index is 0.102. The molecule has 24 heavy (non-hydrogen) atoms. The molecule has 0 bridgehead atoms. The molecule has 6 nitrogen and oxygen atoms in total. The highest BCUT2D eigenvalue weighted by atomic mass is 19.1. The molecular weight excluding hydrogens is 311 g/mol. The largest absolute Gasteiger partial charge is 0.287 e. The number of aromatic nitrogens is 2. The number of hydrogen-bond acceptors (Lipinski definition) is 3. The molecule has 0 saturated heterocycles. The van der Waals surface area contributed by atoms with E-state index in [0.717, 1.165) is 11.6 Å². The lowest BCUT2D eigenvalue weighted by molar-refractivity contribution is 0.0843. The molecule has 0 unspecified atom stereocenters. The normalized spacial score (nSPS) is 10.2. The Morgan fingerprint density at radius 3 is 2.42 bits per heavy atom. The van der Waals surface area contributed by atoms with Crippen LogP contribution in [0, 0.1) is 5.82 Å². The number of carbonyl (C=O) groups excluding carboxylic acids is 2. The number of benzene rings is 2. The van der Waals surface area contributed by atoms with E-state index in [2.05, 4.69) is 21.0 Å². The third-order valence-corrected chi connectivity index (χ3v) is 3.27. The molecule has 0 fully saturated rings. The van der Waals surface area contributed by atoms with Gasteiger partial charge in [-0.15, -0.1) is 0 Å². The maximum absolute atomic E-state index is 13.1. The summed E-state index contributed by atoms with van der Waals surface area (Å²) in [5.41, 5.74) is 6.23. The van der Waals surface area contributed by atoms with Gasteiger partial charge in [0.2, 0.25) is 0 Å². The van der Waals surface area contributed by atoms with Gasteiger partial charge in [0, 0.05) is 11.1 Å². The molecule has 3 rings (SSSR count). The monoisotopic (exact) mass is 324 g/mol. The fraction of sp³-hybridized carbons (Fsp3) is 0. The van der Waals surface area contributed by atoms with Crippen molar-refractivity contribution < 1.29 is 14.0 Å². The second-order valence-corrected chi connectivity index (χ2v) is 4.95. The van der Waals surface area contributed by atoms with Crippen LogP contribution in [0.15, 0.2) is 60.7 Å². The number of rotatable bonds is 3. The maximum atomic E-state index is 13.1. The van der Waals surface area contributed by atoms with Gasteiger partial charge in [-0.1, -0.05) is 36.4 Å². The molecule has 0 saturated carbocycles. The molecule has 0 aliphatic carbocycles. The van der Waals surface area contributed by atoms with Crippen LogP contribution in [0.4, 0.5) is 4.39 Å². The van der Waals surface area contributed by atoms with Crippen LogP contribution in [-0.2, 0) is 0 Å². The van der Waals surface area contributed by atoms with Gasteiger partial charge in [-0.2, -0.15) is 5.10 Å². The van der Waals surface area contributed by atoms with Crippen molar-refractivity contribution in [3.63, 3.8) is 0 Å². The van der Waals surface area contributed by atoms with Gasteiger partial charge in [-0.05, 0) is 24.3 Å². The second kappa shape index (κ2) is 6.74. The van der Waals surface area contributed by atoms with Gasteiger partial charge >= 0.3 is 0 Å². The van der Waals surface area contributed by atoms with E-state index >= 15 is 0 Å². The Labute approximate surface area is 136 Å². The van der Waals surface area contributed by atoms with E-state index in [-0.39, 0.29) is 11.3 Å². The summed E-state index contributed by atoms with van der Waals surface area (Å²) < 4.78 is 13.1. The van der Waals surface area contributed by atoms with Crippen molar-refractivity contribution in [2.75, 3.05) is 0 Å². The van der Waals surface area contributed by atoms with Gasteiger partial charge < -0.3 is 0 Å². The lowest BCUT2D eigenvalue weighted by Gasteiger charge is -2.06. The van der Waals surface area contributed by atoms with E-state index in [1.807, 2.05) is 30.3 Å². The molecule has 0 aliphatic rings. The number of halogens is 1. The molecular formula is C17H13FN4O2. The maximum Gasteiger partial charge on any atom is 0.287 e. The first kappa shape index (κ1) is 15.4. The molecule has 2 aromatic carbocycles. The fourth-order valence-corrected chi connectivity index (χ4v) is 2.08. The summed E-state index contributed by atoms with van der Waals surface area (Å²) in [4.78, 5) is 23.9. The first-order valence-corrected chi connectivity index (χ1v) is 7.10. The fourth-order valence-electron chi connectivity index (χ4n) is 2.08. The minimum atomic E-state index is -0.620. The molecule has 0 aliphatic heterocycles. The van der Waals surface area contributed by atoms with Crippen LogP contribution in [0.3, 0.4) is 0 Å². The highest BCUT2D eigenvalue weighted by Gasteiger charge is 2.13. The standard InChI is InChI=1S/C17H13FN4O2/c18-13-8-4-7-12(9-13)16(23)21-22-17(24)15-10-14(19-20-15)11-5-2-1-3-6-11/h1-10H,(H,19,20)(H,21,23)(H,22,24). The lowest BCUT2D eigenvalue weighted by Crippen LogP contribution is -2.41. The van der Waals surface area contributed by atoms with Crippen molar-refractivity contribution in [1.29, 1.82) is 0 Å². The second-order valence-electron chi connectivity index (χ2n) is 4.95. The smallest absolute Gasteiger partial charge is 0.272 e. The molecule has 3 aromatic rings. The Bertz CT molecular complexity index is 877. The SMILES string of the molecule is O=C(NNC(=O)c1cc(-c2ccccc2)n[nH]1)c1cccc(F)c1. The summed E-state index contributed by atoms with van der Waals surface area (Å²) in [5.74, 6) is -1.71. The molecule has 3 N–H and O–H groups in total. The van der Waals surface area contributed by atoms with Crippen LogP contribution in [-0.4, -0.2) is 22.0 Å². The molecule has 1 aromatic heterocycles. The van der Waals surface area contributed by atoms with E-state index in [0.29, 0.717) is 5.69 Å². The molecule has 0 radical (unpaired) electrons. The quantitative estimate of drug-likeness (QED) is 0.646. The number of aromatic amines is 1. The molecule has 0 atom stereocenters. The average Bonchev–Trinajstić information content (AvgIpc) is 3.10. The van der Waals surface area contributed by atoms with Crippen molar-refractivity contribution in [1.82, 2.24) is 21.0 Å². The van der Waals surface area contributed by atoms with E-state index in [1.165, 1.54) is 18.2 Å². The highest BCUT2D eigenvalue weighted by molar-refractivity contribution is 5.98. The number of amides is 2. The van der Waals surface area contributed by atoms with E-state index in [4.69, 9.17) is 0 Å². The molecule has 0 spiro atoms. The highest BCUT2D eigenvalue weighted by Crippen LogP contribution is 2.16. The van der Waals surface area contributed by atoms with Crippen LogP contribution in [0.2, 0.25) is 0 Å². The summed E-state index contributed by atoms with van der Waals surface area (Å²) in [5, 5.41) is 6.66. The lowest BCUT2D eigenvalue weighted by atomic mass is 10.1. The first-order chi connectivity index (χ1) is 11.6. The number of hydrogen-bond donors (Lipinski definition) is 3. The number of nitrogens with zero attached hydrogens (tertiary/aromatic N) is 1. The van der Waals surface area contributed by atoms with Crippen molar-refractivity contribution in [3.05, 3.63) is 77.7 Å². The van der Waals surface area contributed by atoms with Gasteiger partial charge in [0.25, 0.3) is 11.8 Å². The summed E-state index contributed by atoms with van der Waals surface area (Å²) in [6, 6.07) is 16.1. The molecule has 120 valence electrons. The summed E-state index contributed by atoms with van der Waals surface area (Å²) in [6.45, 7) is 0. The van der Waals surface area contributed by atoms with Crippen LogP contribution in [0.25, 0.3) is 11.3 Å². The topological polar surface area (TPSA) is 86.9 Å². The van der Waals surface area contributed by atoms with E-state index in [9.17, 15) is 14.0 Å². The zero-order chi connectivity index (χ0) is 16.9. The Balaban J connectivity index is 1.63. The summed E-state index contributed by atoms with van der Waals surface area (Å²) in [7, 11) is 0. The zero-order valence-corrected chi connectivity index (χ0v) is 12.4.